The van der Waals surface area contributed by atoms with Crippen LogP contribution in [-0.4, -0.2) is 39.9 Å². The zero-order chi connectivity index (χ0) is 52.2. The fourth-order valence-electron chi connectivity index (χ4n) is 10.7. The summed E-state index contributed by atoms with van der Waals surface area (Å²) < 4.78 is 0. The van der Waals surface area contributed by atoms with Crippen LogP contribution in [0.25, 0.3) is 32.3 Å². The van der Waals surface area contributed by atoms with Gasteiger partial charge in [-0.15, -0.1) is 0 Å². The van der Waals surface area contributed by atoms with Crippen LogP contribution >= 0.6 is 0 Å². The summed E-state index contributed by atoms with van der Waals surface area (Å²) >= 11 is 0. The highest BCUT2D eigenvalue weighted by molar-refractivity contribution is 6.33. The first-order valence-corrected chi connectivity index (χ1v) is 25.3. The van der Waals surface area contributed by atoms with Gasteiger partial charge in [0, 0.05) is 81.9 Å². The monoisotopic (exact) mass is 990 g/mol. The number of anilines is 12. The number of hydrogen-bond donors (Lipinski definition) is 0. The van der Waals surface area contributed by atoms with Crippen molar-refractivity contribution in [2.24, 2.45) is 0 Å². The van der Waals surface area contributed by atoms with Crippen molar-refractivity contribution in [3.05, 3.63) is 229 Å². The Morgan fingerprint density at radius 2 is 0.368 bits per heavy atom. The lowest BCUT2D eigenvalue weighted by Crippen LogP contribution is -2.18. The van der Waals surface area contributed by atoms with E-state index in [1.165, 1.54) is 0 Å². The Morgan fingerprint density at radius 1 is 0.211 bits per heavy atom. The maximum atomic E-state index is 4.77. The molecule has 12 nitrogen and oxygen atoms in total. The van der Waals surface area contributed by atoms with Crippen LogP contribution in [0.4, 0.5) is 68.2 Å². The molecular weight excluding hydrogens is 937 g/mol. The van der Waals surface area contributed by atoms with Gasteiger partial charge in [0.05, 0.1) is 118 Å². The van der Waals surface area contributed by atoms with E-state index >= 15 is 0 Å². The molecule has 4 aromatic carbocycles. The molecule has 0 unspecified atom stereocenters. The SMILES string of the molecule is Cc1ccncc1N(c1cnccc1C)c1cc(N(c2cnccc2C)c2cnccc2C)c2ccc3c(N(c4cnccc4C)c4cnccc4C)cc(N(c4cnccc4C)c4cnccc4C)c4ccc1c2c43. The van der Waals surface area contributed by atoms with Crippen LogP contribution in [0.3, 0.4) is 0 Å². The van der Waals surface area contributed by atoms with Gasteiger partial charge in [0.1, 0.15) is 0 Å². The van der Waals surface area contributed by atoms with E-state index in [4.69, 9.17) is 39.9 Å². The Morgan fingerprint density at radius 3 is 0.513 bits per heavy atom. The molecule has 0 bridgehead atoms. The van der Waals surface area contributed by atoms with Gasteiger partial charge in [-0.2, -0.15) is 0 Å². The molecule has 0 saturated heterocycles. The van der Waals surface area contributed by atoms with E-state index in [1.54, 1.807) is 0 Å². The summed E-state index contributed by atoms with van der Waals surface area (Å²) in [5.74, 6) is 0. The van der Waals surface area contributed by atoms with Crippen molar-refractivity contribution in [2.75, 3.05) is 19.6 Å². The molecule has 0 radical (unpaired) electrons. The van der Waals surface area contributed by atoms with E-state index in [-0.39, 0.29) is 0 Å². The van der Waals surface area contributed by atoms with Gasteiger partial charge in [0.25, 0.3) is 0 Å². The highest BCUT2D eigenvalue weighted by atomic mass is 15.2. The van der Waals surface area contributed by atoms with E-state index in [0.29, 0.717) is 0 Å². The molecule has 0 fully saturated rings. The normalized spacial score (nSPS) is 11.4. The predicted octanol–water partition coefficient (Wildman–Crippen LogP) is 16.1. The van der Waals surface area contributed by atoms with Gasteiger partial charge >= 0.3 is 0 Å². The summed E-state index contributed by atoms with van der Waals surface area (Å²) in [5, 5.41) is 6.23. The first-order chi connectivity index (χ1) is 37.1. The summed E-state index contributed by atoms with van der Waals surface area (Å²) in [7, 11) is 0. The lowest BCUT2D eigenvalue weighted by molar-refractivity contribution is 1.15. The molecule has 0 saturated carbocycles. The largest absolute Gasteiger partial charge is 0.306 e. The minimum Gasteiger partial charge on any atom is -0.306 e. The van der Waals surface area contributed by atoms with Crippen LogP contribution < -0.4 is 19.6 Å². The Bertz CT molecular complexity index is 3470. The van der Waals surface area contributed by atoms with Crippen LogP contribution in [0.2, 0.25) is 0 Å². The molecule has 12 rings (SSSR count). The van der Waals surface area contributed by atoms with Crippen LogP contribution in [-0.2, 0) is 0 Å². The van der Waals surface area contributed by atoms with Crippen LogP contribution in [0.1, 0.15) is 44.5 Å². The molecule has 8 aromatic heterocycles. The third-order valence-corrected chi connectivity index (χ3v) is 14.8. The molecule has 370 valence electrons. The van der Waals surface area contributed by atoms with E-state index in [2.05, 4.69) is 160 Å². The summed E-state index contributed by atoms with van der Waals surface area (Å²) in [4.78, 5) is 47.5. The number of hydrogen-bond acceptors (Lipinski definition) is 12. The second-order valence-corrected chi connectivity index (χ2v) is 19.5. The topological polar surface area (TPSA) is 116 Å². The third kappa shape index (κ3) is 7.93. The van der Waals surface area contributed by atoms with Crippen molar-refractivity contribution in [1.82, 2.24) is 39.9 Å². The van der Waals surface area contributed by atoms with Gasteiger partial charge in [0.15, 0.2) is 0 Å². The van der Waals surface area contributed by atoms with E-state index in [9.17, 15) is 0 Å². The molecule has 12 heteroatoms. The van der Waals surface area contributed by atoms with E-state index < -0.39 is 0 Å². The first kappa shape index (κ1) is 47.3. The average molecular weight is 991 g/mol. The van der Waals surface area contributed by atoms with Crippen molar-refractivity contribution in [1.29, 1.82) is 0 Å². The maximum absolute atomic E-state index is 4.77. The molecule has 0 spiro atoms. The van der Waals surface area contributed by atoms with Crippen LogP contribution in [0, 0.1) is 55.4 Å². The summed E-state index contributed by atoms with van der Waals surface area (Å²) in [6, 6.07) is 30.4. The molecule has 0 atom stereocenters. The van der Waals surface area contributed by atoms with Gasteiger partial charge in [0.2, 0.25) is 0 Å². The van der Waals surface area contributed by atoms with Crippen LogP contribution in [0.5, 0.6) is 0 Å². The molecule has 76 heavy (non-hydrogen) atoms. The number of rotatable bonds is 12. The Balaban J connectivity index is 1.33. The fourth-order valence-corrected chi connectivity index (χ4v) is 10.7. The molecule has 0 amide bonds. The van der Waals surface area contributed by atoms with Gasteiger partial charge in [-0.05, 0) is 161 Å². The number of pyridine rings is 8. The molecule has 0 aliphatic carbocycles. The Kier molecular flexibility index (Phi) is 12.0. The number of nitrogens with zero attached hydrogens (tertiary/aromatic N) is 12. The number of benzene rings is 4. The average Bonchev–Trinajstić information content (AvgIpc) is 3.57. The standard InChI is InChI=1S/C64H54N12/c1-39-13-21-65-31-55(39)73(56-32-66-22-14-40(56)2)51-29-52(74(57-33-67-23-15-41(57)3)58-34-68-24-16-42(58)4)48-11-12-50-54(76(61-37-71-27-19-45(61)7)62-38-72-28-20-46(62)8)30-53(49-10-9-47(51)63(48)64(49)50)75(59-35-69-25-17-43(59)5)60-36-70-26-18-44(60)6/h9-38H,1-8H3. The second kappa shape index (κ2) is 19.3. The Labute approximate surface area is 442 Å². The number of aryl methyl sites for hydroxylation is 8. The van der Waals surface area contributed by atoms with Gasteiger partial charge in [-0.1, -0.05) is 24.3 Å². The minimum atomic E-state index is 0.929. The second-order valence-electron chi connectivity index (χ2n) is 19.5. The van der Waals surface area contributed by atoms with Gasteiger partial charge in [-0.25, -0.2) is 0 Å². The third-order valence-electron chi connectivity index (χ3n) is 14.8. The minimum absolute atomic E-state index is 0.929. The van der Waals surface area contributed by atoms with Crippen molar-refractivity contribution >= 4 is 101 Å². The first-order valence-electron chi connectivity index (χ1n) is 25.3. The molecule has 12 aromatic rings. The van der Waals surface area contributed by atoms with Gasteiger partial charge in [-0.3, -0.25) is 39.9 Å². The molecule has 0 aliphatic heterocycles. The van der Waals surface area contributed by atoms with Crippen molar-refractivity contribution in [3.63, 3.8) is 0 Å². The summed E-state index contributed by atoms with van der Waals surface area (Å²) in [6.45, 7) is 17.1. The maximum Gasteiger partial charge on any atom is 0.0675 e. The highest BCUT2D eigenvalue weighted by Gasteiger charge is 2.31. The quantitative estimate of drug-likeness (QED) is 0.109. The van der Waals surface area contributed by atoms with E-state index in [1.807, 2.05) is 99.1 Å². The fraction of sp³-hybridized carbons (Fsp3) is 0.125. The predicted molar refractivity (Wildman–Crippen MR) is 309 cm³/mol. The molecular formula is C64H54N12. The Hall–Kier alpha value is -9.68. The van der Waals surface area contributed by atoms with E-state index in [0.717, 1.165) is 145 Å². The lowest BCUT2D eigenvalue weighted by atomic mass is 9.88. The number of aromatic nitrogens is 8. The molecule has 0 N–H and O–H groups in total. The zero-order valence-electron chi connectivity index (χ0n) is 43.7. The summed E-state index contributed by atoms with van der Waals surface area (Å²) in [6.07, 6.45) is 30.5. The molecule has 8 heterocycles. The van der Waals surface area contributed by atoms with Crippen molar-refractivity contribution in [3.8, 4) is 0 Å². The molecule has 0 aliphatic rings. The smallest absolute Gasteiger partial charge is 0.0675 e. The highest BCUT2D eigenvalue weighted by Crippen LogP contribution is 2.56. The zero-order valence-corrected chi connectivity index (χ0v) is 43.7. The summed E-state index contributed by atoms with van der Waals surface area (Å²) in [5.41, 5.74) is 19.6. The van der Waals surface area contributed by atoms with Crippen molar-refractivity contribution in [2.45, 2.75) is 55.4 Å². The van der Waals surface area contributed by atoms with Crippen LogP contribution in [0.15, 0.2) is 184 Å². The van der Waals surface area contributed by atoms with Crippen molar-refractivity contribution < 1.29 is 0 Å². The lowest BCUT2D eigenvalue weighted by Gasteiger charge is -2.35. The van der Waals surface area contributed by atoms with Gasteiger partial charge < -0.3 is 19.6 Å².